The second-order valence-electron chi connectivity index (χ2n) is 13.4. The molecule has 57 heavy (non-hydrogen) atoms. The van der Waals surface area contributed by atoms with E-state index in [2.05, 4.69) is 10.6 Å². The van der Waals surface area contributed by atoms with Gasteiger partial charge >= 0.3 is 30.1 Å². The molecule has 0 aliphatic rings. The lowest BCUT2D eigenvalue weighted by molar-refractivity contribution is -0.143. The normalized spacial score (nSPS) is 12.2. The van der Waals surface area contributed by atoms with Gasteiger partial charge in [-0.2, -0.15) is 0 Å². The van der Waals surface area contributed by atoms with Crippen molar-refractivity contribution in [3.63, 3.8) is 0 Å². The van der Waals surface area contributed by atoms with E-state index in [1.165, 1.54) is 25.3 Å². The quantitative estimate of drug-likeness (QED) is 0.0327. The highest BCUT2D eigenvalue weighted by atomic mass is 16.6. The maximum absolute atomic E-state index is 13.6. The number of ether oxygens (including phenoxy) is 6. The summed E-state index contributed by atoms with van der Waals surface area (Å²) in [5.74, 6) is -4.54. The van der Waals surface area contributed by atoms with Crippen LogP contribution in [0, 0.1) is 11.8 Å². The van der Waals surface area contributed by atoms with Crippen LogP contribution >= 0.6 is 0 Å². The molecule has 0 aliphatic carbocycles. The van der Waals surface area contributed by atoms with Gasteiger partial charge < -0.3 is 44.2 Å². The van der Waals surface area contributed by atoms with Crippen molar-refractivity contribution in [1.82, 2.24) is 10.6 Å². The summed E-state index contributed by atoms with van der Waals surface area (Å²) in [6, 6.07) is 26.2. The number of esters is 3. The van der Waals surface area contributed by atoms with Crippen LogP contribution in [0.5, 0.6) is 17.2 Å². The SMILES string of the molecule is COc1ccc(COC(=O)C(O)=Cc2ccc(OC(=O)[C@@H](NC(=O)OCc3ccccc3)C(C)C)c(OC(=O)[C@@H](NC(=O)OCc3ccccc3)C(C)C)c2)cc1. The van der Waals surface area contributed by atoms with Gasteiger partial charge in [0.15, 0.2) is 11.5 Å². The molecule has 2 amide bonds. The average Bonchev–Trinajstić information content (AvgIpc) is 3.20. The number of alkyl carbamates (subject to hydrolysis) is 2. The van der Waals surface area contributed by atoms with E-state index in [-0.39, 0.29) is 36.9 Å². The predicted molar refractivity (Wildman–Crippen MR) is 208 cm³/mol. The Kier molecular flexibility index (Phi) is 16.0. The first-order valence-electron chi connectivity index (χ1n) is 18.1. The Morgan fingerprint density at radius 3 is 1.53 bits per heavy atom. The molecule has 14 nitrogen and oxygen atoms in total. The summed E-state index contributed by atoms with van der Waals surface area (Å²) in [5.41, 5.74) is 2.27. The van der Waals surface area contributed by atoms with Crippen LogP contribution < -0.4 is 24.8 Å². The van der Waals surface area contributed by atoms with E-state index in [1.54, 1.807) is 100 Å². The number of rotatable bonds is 17. The van der Waals surface area contributed by atoms with Crippen LogP contribution in [0.3, 0.4) is 0 Å². The van der Waals surface area contributed by atoms with Crippen LogP contribution in [-0.4, -0.2) is 54.4 Å². The van der Waals surface area contributed by atoms with E-state index in [0.717, 1.165) is 17.2 Å². The van der Waals surface area contributed by atoms with Crippen LogP contribution in [0.2, 0.25) is 0 Å². The highest BCUT2D eigenvalue weighted by molar-refractivity contribution is 5.91. The lowest BCUT2D eigenvalue weighted by Crippen LogP contribution is -2.47. The number of hydrogen-bond donors (Lipinski definition) is 3. The molecule has 0 unspecified atom stereocenters. The van der Waals surface area contributed by atoms with Crippen LogP contribution in [0.25, 0.3) is 6.08 Å². The molecule has 4 aromatic carbocycles. The molecule has 0 aromatic heterocycles. The molecule has 0 fully saturated rings. The van der Waals surface area contributed by atoms with E-state index < -0.39 is 59.8 Å². The average molecular weight is 783 g/mol. The van der Waals surface area contributed by atoms with Crippen LogP contribution in [0.1, 0.15) is 49.9 Å². The number of methoxy groups -OCH3 is 1. The lowest BCUT2D eigenvalue weighted by atomic mass is 10.0. The highest BCUT2D eigenvalue weighted by Crippen LogP contribution is 2.31. The molecule has 0 heterocycles. The molecule has 300 valence electrons. The van der Waals surface area contributed by atoms with E-state index >= 15 is 0 Å². The van der Waals surface area contributed by atoms with Crippen LogP contribution in [0.15, 0.2) is 109 Å². The van der Waals surface area contributed by atoms with Crippen molar-refractivity contribution < 1.29 is 57.5 Å². The maximum atomic E-state index is 13.6. The van der Waals surface area contributed by atoms with Crippen molar-refractivity contribution in [2.75, 3.05) is 7.11 Å². The summed E-state index contributed by atoms with van der Waals surface area (Å²) in [6.07, 6.45) is -0.665. The minimum Gasteiger partial charge on any atom is -0.502 e. The standard InChI is InChI=1S/C43H46N2O12/c1-27(2)37(44-42(50)54-25-29-12-8-6-9-13-29)40(48)56-35-21-18-32(22-34(46)39(47)53-24-31-16-19-33(52-5)20-17-31)23-36(35)57-41(49)38(28(3)4)45-43(51)55-26-30-14-10-7-11-15-30/h6-23,27-28,37-38,46H,24-26H2,1-5H3,(H,44,50)(H,45,51)/t37-,38-/m0/s1. The molecule has 0 aliphatic heterocycles. The van der Waals surface area contributed by atoms with Crippen molar-refractivity contribution in [2.24, 2.45) is 11.8 Å². The number of carbonyl (C=O) groups excluding carboxylic acids is 5. The molecule has 4 aromatic rings. The Balaban J connectivity index is 1.53. The van der Waals surface area contributed by atoms with Crippen LogP contribution in [-0.2, 0) is 48.4 Å². The van der Waals surface area contributed by atoms with E-state index in [1.807, 2.05) is 12.1 Å². The first-order chi connectivity index (χ1) is 27.3. The summed E-state index contributed by atoms with van der Waals surface area (Å²) >= 11 is 0. The van der Waals surface area contributed by atoms with Crippen molar-refractivity contribution >= 4 is 36.2 Å². The fourth-order valence-corrected chi connectivity index (χ4v) is 5.06. The fraction of sp³-hybridized carbons (Fsp3) is 0.279. The zero-order valence-corrected chi connectivity index (χ0v) is 32.3. The number of benzene rings is 4. The predicted octanol–water partition coefficient (Wildman–Crippen LogP) is 7.05. The smallest absolute Gasteiger partial charge is 0.408 e. The Hall–Kier alpha value is -6.83. The summed E-state index contributed by atoms with van der Waals surface area (Å²) < 4.78 is 32.3. The number of amides is 2. The molecule has 0 radical (unpaired) electrons. The van der Waals surface area contributed by atoms with E-state index in [4.69, 9.17) is 28.4 Å². The van der Waals surface area contributed by atoms with Gasteiger partial charge in [0, 0.05) is 0 Å². The van der Waals surface area contributed by atoms with Crippen molar-refractivity contribution in [3.05, 3.63) is 131 Å². The van der Waals surface area contributed by atoms with Gasteiger partial charge in [0.25, 0.3) is 0 Å². The van der Waals surface area contributed by atoms with Crippen molar-refractivity contribution in [1.29, 1.82) is 0 Å². The molecular weight excluding hydrogens is 736 g/mol. The zero-order valence-electron chi connectivity index (χ0n) is 32.3. The van der Waals surface area contributed by atoms with Crippen molar-refractivity contribution in [3.8, 4) is 17.2 Å². The summed E-state index contributed by atoms with van der Waals surface area (Å²) in [7, 11) is 1.52. The summed E-state index contributed by atoms with van der Waals surface area (Å²) in [5, 5.41) is 15.6. The fourth-order valence-electron chi connectivity index (χ4n) is 5.06. The van der Waals surface area contributed by atoms with Gasteiger partial charge in [-0.05, 0) is 64.4 Å². The van der Waals surface area contributed by atoms with E-state index in [0.29, 0.717) is 11.3 Å². The summed E-state index contributed by atoms with van der Waals surface area (Å²) in [4.78, 5) is 65.2. The van der Waals surface area contributed by atoms with Gasteiger partial charge in [0.1, 0.15) is 37.7 Å². The minimum absolute atomic E-state index is 0.0334. The Morgan fingerprint density at radius 2 is 1.05 bits per heavy atom. The van der Waals surface area contributed by atoms with Gasteiger partial charge in [0.05, 0.1) is 7.11 Å². The number of aliphatic hydroxyl groups is 1. The third kappa shape index (κ3) is 13.8. The molecule has 4 rings (SSSR count). The van der Waals surface area contributed by atoms with Gasteiger partial charge in [-0.25, -0.2) is 24.0 Å². The molecule has 0 saturated heterocycles. The number of aliphatic hydroxyl groups excluding tert-OH is 1. The number of hydrogen-bond acceptors (Lipinski definition) is 12. The largest absolute Gasteiger partial charge is 0.502 e. The first-order valence-corrected chi connectivity index (χ1v) is 18.1. The monoisotopic (exact) mass is 782 g/mol. The molecule has 0 bridgehead atoms. The Morgan fingerprint density at radius 1 is 0.596 bits per heavy atom. The Bertz CT molecular complexity index is 2000. The van der Waals surface area contributed by atoms with Crippen molar-refractivity contribution in [2.45, 2.75) is 59.6 Å². The third-order valence-corrected chi connectivity index (χ3v) is 8.24. The number of carbonyl (C=O) groups is 5. The summed E-state index contributed by atoms with van der Waals surface area (Å²) in [6.45, 7) is 6.51. The van der Waals surface area contributed by atoms with Crippen LogP contribution in [0.4, 0.5) is 9.59 Å². The second kappa shape index (κ2) is 21.3. The van der Waals surface area contributed by atoms with Gasteiger partial charge in [-0.1, -0.05) is 107 Å². The third-order valence-electron chi connectivity index (χ3n) is 8.24. The molecule has 0 spiro atoms. The first kappa shape index (κ1) is 42.9. The number of nitrogens with one attached hydrogen (secondary N) is 2. The topological polar surface area (TPSA) is 185 Å². The maximum Gasteiger partial charge on any atom is 0.408 e. The molecular formula is C43H46N2O12. The highest BCUT2D eigenvalue weighted by Gasteiger charge is 2.31. The molecule has 0 saturated carbocycles. The molecule has 3 N–H and O–H groups in total. The zero-order chi connectivity index (χ0) is 41.3. The lowest BCUT2D eigenvalue weighted by Gasteiger charge is -2.23. The molecule has 14 heteroatoms. The minimum atomic E-state index is -1.22. The second-order valence-corrected chi connectivity index (χ2v) is 13.4. The van der Waals surface area contributed by atoms with Gasteiger partial charge in [-0.15, -0.1) is 0 Å². The Labute approximate surface area is 330 Å². The van der Waals surface area contributed by atoms with Gasteiger partial charge in [0.2, 0.25) is 5.76 Å². The van der Waals surface area contributed by atoms with E-state index in [9.17, 15) is 29.1 Å². The molecule has 2 atom stereocenters. The van der Waals surface area contributed by atoms with Gasteiger partial charge in [-0.3, -0.25) is 0 Å².